The van der Waals surface area contributed by atoms with Gasteiger partial charge in [0.1, 0.15) is 11.4 Å². The monoisotopic (exact) mass is 381 g/mol. The minimum absolute atomic E-state index is 0.0895. The number of amides is 1. The van der Waals surface area contributed by atoms with Crippen molar-refractivity contribution < 1.29 is 27.6 Å². The summed E-state index contributed by atoms with van der Waals surface area (Å²) in [7, 11) is -2.63. The van der Waals surface area contributed by atoms with E-state index in [0.717, 1.165) is 25.5 Å². The highest BCUT2D eigenvalue weighted by Crippen LogP contribution is 2.39. The second-order valence-electron chi connectivity index (χ2n) is 5.03. The molecular formula is C15H15N3O7S. The number of rotatable bonds is 6. The van der Waals surface area contributed by atoms with E-state index >= 15 is 0 Å². The zero-order valence-electron chi connectivity index (χ0n) is 13.8. The van der Waals surface area contributed by atoms with Crippen LogP contribution in [0.15, 0.2) is 42.5 Å². The van der Waals surface area contributed by atoms with E-state index < -0.39 is 26.7 Å². The molecule has 0 spiro atoms. The van der Waals surface area contributed by atoms with Gasteiger partial charge in [-0.1, -0.05) is 18.2 Å². The lowest BCUT2D eigenvalue weighted by Crippen LogP contribution is -2.14. The first kappa shape index (κ1) is 19.0. The molecule has 0 unspecified atom stereocenters. The summed E-state index contributed by atoms with van der Waals surface area (Å²) in [5, 5.41) is 13.5. The molecule has 138 valence electrons. The summed E-state index contributed by atoms with van der Waals surface area (Å²) in [4.78, 5) is 22.0. The predicted octanol–water partition coefficient (Wildman–Crippen LogP) is 2.94. The second-order valence-corrected chi connectivity index (χ2v) is 6.78. The van der Waals surface area contributed by atoms with Crippen LogP contribution in [0.3, 0.4) is 0 Å². The summed E-state index contributed by atoms with van der Waals surface area (Å²) in [5.41, 5.74) is -0.845. The molecule has 0 aliphatic heterocycles. The number of sulfonamides is 1. The molecule has 2 aromatic carbocycles. The molecule has 1 amide bonds. The molecule has 0 aliphatic carbocycles. The average Bonchev–Trinajstić information content (AvgIpc) is 2.56. The molecule has 0 heterocycles. The van der Waals surface area contributed by atoms with Gasteiger partial charge in [0.15, 0.2) is 5.75 Å². The summed E-state index contributed by atoms with van der Waals surface area (Å²) in [6.07, 6.45) is -0.0381. The summed E-state index contributed by atoms with van der Waals surface area (Å²) in [5.74, 6) is 0.232. The van der Waals surface area contributed by atoms with Gasteiger partial charge in [0.25, 0.3) is 5.69 Å². The zero-order chi connectivity index (χ0) is 19.3. The van der Waals surface area contributed by atoms with Gasteiger partial charge in [0, 0.05) is 0 Å². The van der Waals surface area contributed by atoms with Gasteiger partial charge in [-0.15, -0.1) is 0 Å². The Kier molecular flexibility index (Phi) is 5.62. The number of nitrogens with zero attached hydrogens (tertiary/aromatic N) is 1. The van der Waals surface area contributed by atoms with Crippen LogP contribution < -0.4 is 14.8 Å². The Bertz CT molecular complexity index is 930. The van der Waals surface area contributed by atoms with Gasteiger partial charge in [-0.05, 0) is 18.2 Å². The fraction of sp³-hybridized carbons (Fsp3) is 0.133. The van der Waals surface area contributed by atoms with E-state index in [9.17, 15) is 23.3 Å². The number of nitrogens with one attached hydrogen (secondary N) is 2. The van der Waals surface area contributed by atoms with Gasteiger partial charge in [-0.25, -0.2) is 13.2 Å². The van der Waals surface area contributed by atoms with Crippen LogP contribution in [0.25, 0.3) is 0 Å². The maximum atomic E-state index is 11.6. The molecule has 0 saturated carbocycles. The van der Waals surface area contributed by atoms with Gasteiger partial charge >= 0.3 is 6.09 Å². The van der Waals surface area contributed by atoms with Gasteiger partial charge in [0.2, 0.25) is 10.0 Å². The van der Waals surface area contributed by atoms with Crippen LogP contribution in [0.1, 0.15) is 0 Å². The van der Waals surface area contributed by atoms with E-state index in [0.29, 0.717) is 5.75 Å². The van der Waals surface area contributed by atoms with Crippen LogP contribution >= 0.6 is 0 Å². The van der Waals surface area contributed by atoms with Gasteiger partial charge in [0.05, 0.1) is 30.0 Å². The third-order valence-electron chi connectivity index (χ3n) is 2.98. The maximum Gasteiger partial charge on any atom is 0.411 e. The fourth-order valence-corrected chi connectivity index (χ4v) is 2.52. The molecule has 0 saturated heterocycles. The Balaban J connectivity index is 2.57. The van der Waals surface area contributed by atoms with E-state index in [-0.39, 0.29) is 17.1 Å². The highest BCUT2D eigenvalue weighted by Gasteiger charge is 2.23. The summed E-state index contributed by atoms with van der Waals surface area (Å²) < 4.78 is 35.4. The number of carbonyl (C=O) groups is 1. The first-order chi connectivity index (χ1) is 12.2. The van der Waals surface area contributed by atoms with Crippen molar-refractivity contribution in [1.29, 1.82) is 0 Å². The highest BCUT2D eigenvalue weighted by molar-refractivity contribution is 7.92. The first-order valence-corrected chi connectivity index (χ1v) is 8.97. The first-order valence-electron chi connectivity index (χ1n) is 7.07. The molecule has 0 bridgehead atoms. The predicted molar refractivity (Wildman–Crippen MR) is 94.1 cm³/mol. The van der Waals surface area contributed by atoms with Crippen LogP contribution in [0.2, 0.25) is 0 Å². The number of ether oxygens (including phenoxy) is 2. The smallest absolute Gasteiger partial charge is 0.411 e. The molecule has 2 N–H and O–H groups in total. The van der Waals surface area contributed by atoms with E-state index in [2.05, 4.69) is 14.8 Å². The van der Waals surface area contributed by atoms with Crippen molar-refractivity contribution in [2.75, 3.05) is 23.4 Å². The van der Waals surface area contributed by atoms with Crippen LogP contribution in [-0.2, 0) is 14.8 Å². The van der Waals surface area contributed by atoms with Crippen molar-refractivity contribution in [3.8, 4) is 11.5 Å². The van der Waals surface area contributed by atoms with Crippen molar-refractivity contribution >= 4 is 33.2 Å². The minimum Gasteiger partial charge on any atom is -0.455 e. The molecule has 0 atom stereocenters. The minimum atomic E-state index is -3.72. The lowest BCUT2D eigenvalue weighted by atomic mass is 10.2. The third kappa shape index (κ3) is 5.08. The molecule has 26 heavy (non-hydrogen) atoms. The van der Waals surface area contributed by atoms with Crippen LogP contribution in [0, 0.1) is 10.1 Å². The number of carbonyl (C=O) groups excluding carboxylic acids is 1. The Labute approximate surface area is 148 Å². The quantitative estimate of drug-likeness (QED) is 0.579. The van der Waals surface area contributed by atoms with Gasteiger partial charge in [-0.3, -0.25) is 20.2 Å². The molecule has 2 aromatic rings. The number of hydrogen-bond donors (Lipinski definition) is 2. The van der Waals surface area contributed by atoms with Crippen molar-refractivity contribution in [2.45, 2.75) is 0 Å². The standard InChI is InChI=1S/C15H15N3O7S/c1-24-15(19)16-11-8-12(17-26(2,22)23)14(9-13(11)18(20)21)25-10-6-4-3-5-7-10/h3-9,17H,1-2H3,(H,16,19). The molecule has 0 radical (unpaired) electrons. The lowest BCUT2D eigenvalue weighted by molar-refractivity contribution is -0.384. The van der Waals surface area contributed by atoms with E-state index in [4.69, 9.17) is 4.74 Å². The molecule has 11 heteroatoms. The molecule has 10 nitrogen and oxygen atoms in total. The number of nitro groups is 1. The third-order valence-corrected chi connectivity index (χ3v) is 3.57. The molecular weight excluding hydrogens is 366 g/mol. The van der Waals surface area contributed by atoms with E-state index in [1.54, 1.807) is 30.3 Å². The van der Waals surface area contributed by atoms with Crippen molar-refractivity contribution in [2.24, 2.45) is 0 Å². The largest absolute Gasteiger partial charge is 0.455 e. The highest BCUT2D eigenvalue weighted by atomic mass is 32.2. The fourth-order valence-electron chi connectivity index (χ4n) is 1.96. The van der Waals surface area contributed by atoms with Crippen LogP contribution in [-0.4, -0.2) is 32.8 Å². The molecule has 0 fully saturated rings. The van der Waals surface area contributed by atoms with Gasteiger partial charge < -0.3 is 9.47 Å². The summed E-state index contributed by atoms with van der Waals surface area (Å²) >= 11 is 0. The topological polar surface area (TPSA) is 137 Å². The second kappa shape index (κ2) is 7.70. The van der Waals surface area contributed by atoms with Crippen LogP contribution in [0.5, 0.6) is 11.5 Å². The maximum absolute atomic E-state index is 11.6. The molecule has 0 aliphatic rings. The molecule has 2 rings (SSSR count). The van der Waals surface area contributed by atoms with E-state index in [1.165, 1.54) is 0 Å². The Hall–Kier alpha value is -3.34. The van der Waals surface area contributed by atoms with Gasteiger partial charge in [-0.2, -0.15) is 0 Å². The number of methoxy groups -OCH3 is 1. The number of para-hydroxylation sites is 1. The van der Waals surface area contributed by atoms with Crippen LogP contribution in [0.4, 0.5) is 21.9 Å². The Morgan fingerprint density at radius 3 is 2.35 bits per heavy atom. The van der Waals surface area contributed by atoms with Crippen molar-refractivity contribution in [1.82, 2.24) is 0 Å². The Morgan fingerprint density at radius 2 is 1.81 bits per heavy atom. The summed E-state index contributed by atoms with van der Waals surface area (Å²) in [6, 6.07) is 10.4. The summed E-state index contributed by atoms with van der Waals surface area (Å²) in [6.45, 7) is 0. The number of hydrogen-bond acceptors (Lipinski definition) is 7. The number of anilines is 2. The van der Waals surface area contributed by atoms with Crippen molar-refractivity contribution in [3.05, 3.63) is 52.6 Å². The van der Waals surface area contributed by atoms with E-state index in [1.807, 2.05) is 0 Å². The Morgan fingerprint density at radius 1 is 1.15 bits per heavy atom. The lowest BCUT2D eigenvalue weighted by Gasteiger charge is -2.14. The van der Waals surface area contributed by atoms with Crippen molar-refractivity contribution in [3.63, 3.8) is 0 Å². The average molecular weight is 381 g/mol. The molecule has 0 aromatic heterocycles. The SMILES string of the molecule is COC(=O)Nc1cc(NS(C)(=O)=O)c(Oc2ccccc2)cc1[N+](=O)[O-]. The number of benzene rings is 2. The zero-order valence-corrected chi connectivity index (χ0v) is 14.6. The number of nitro benzene ring substituents is 1. The normalized spacial score (nSPS) is 10.7.